The fraction of sp³-hybridized carbons (Fsp3) is 0.360. The summed E-state index contributed by atoms with van der Waals surface area (Å²) >= 11 is 0. The molecule has 174 valence electrons. The van der Waals surface area contributed by atoms with E-state index in [4.69, 9.17) is 14.0 Å². The molecular weight excluding hydrogens is 425 g/mol. The summed E-state index contributed by atoms with van der Waals surface area (Å²) in [6.45, 7) is 7.29. The van der Waals surface area contributed by atoms with E-state index in [1.807, 2.05) is 13.8 Å². The maximum atomic E-state index is 13.4. The van der Waals surface area contributed by atoms with Gasteiger partial charge in [-0.3, -0.25) is 9.69 Å². The molecule has 7 nitrogen and oxygen atoms in total. The Morgan fingerprint density at radius 3 is 2.45 bits per heavy atom. The average Bonchev–Trinajstić information content (AvgIpc) is 3.17. The molecular formula is C25H28FN3O4. The van der Waals surface area contributed by atoms with Crippen molar-refractivity contribution in [1.29, 1.82) is 0 Å². The van der Waals surface area contributed by atoms with Crippen molar-refractivity contribution in [3.63, 3.8) is 0 Å². The van der Waals surface area contributed by atoms with E-state index in [2.05, 4.69) is 15.4 Å². The summed E-state index contributed by atoms with van der Waals surface area (Å²) in [7, 11) is 0. The second-order valence-electron chi connectivity index (χ2n) is 8.04. The predicted molar refractivity (Wildman–Crippen MR) is 121 cm³/mol. The van der Waals surface area contributed by atoms with E-state index in [-0.39, 0.29) is 17.8 Å². The number of carbonyl (C=O) groups is 1. The standard InChI is InChI=1S/C25H28FN3O4/c1-17-23(18(2)33-28-17)16-32-22-9-5-20(6-10-22)25(30)27-15-24(29-11-13-31-14-12-29)19-3-7-21(26)8-4-19/h3-10,24H,11-16H2,1-2H3,(H,27,30)/t24-/m1/s1. The third kappa shape index (κ3) is 5.77. The van der Waals surface area contributed by atoms with Crippen molar-refractivity contribution in [2.24, 2.45) is 0 Å². The van der Waals surface area contributed by atoms with Gasteiger partial charge in [-0.15, -0.1) is 0 Å². The Kier molecular flexibility index (Phi) is 7.36. The highest BCUT2D eigenvalue weighted by Gasteiger charge is 2.23. The lowest BCUT2D eigenvalue weighted by atomic mass is 10.0. The minimum atomic E-state index is -0.278. The normalized spacial score (nSPS) is 15.2. The molecule has 0 bridgehead atoms. The molecule has 1 aromatic heterocycles. The third-order valence-corrected chi connectivity index (χ3v) is 5.88. The Hall–Kier alpha value is -3.23. The number of aryl methyl sites for hydroxylation is 2. The maximum absolute atomic E-state index is 13.4. The van der Waals surface area contributed by atoms with Gasteiger partial charge >= 0.3 is 0 Å². The minimum Gasteiger partial charge on any atom is -0.489 e. The van der Waals surface area contributed by atoms with Crippen molar-refractivity contribution >= 4 is 5.91 Å². The molecule has 33 heavy (non-hydrogen) atoms. The topological polar surface area (TPSA) is 76.8 Å². The summed E-state index contributed by atoms with van der Waals surface area (Å²) in [6, 6.07) is 13.4. The molecule has 8 heteroatoms. The summed E-state index contributed by atoms with van der Waals surface area (Å²) in [5, 5.41) is 6.94. The van der Waals surface area contributed by atoms with Crippen molar-refractivity contribution in [1.82, 2.24) is 15.4 Å². The molecule has 1 amide bonds. The summed E-state index contributed by atoms with van der Waals surface area (Å²) in [5.41, 5.74) is 3.23. The molecule has 3 aromatic rings. The first kappa shape index (κ1) is 22.9. The van der Waals surface area contributed by atoms with Gasteiger partial charge in [0.05, 0.1) is 30.5 Å². The van der Waals surface area contributed by atoms with Crippen LogP contribution in [0.25, 0.3) is 0 Å². The number of nitrogens with one attached hydrogen (secondary N) is 1. The van der Waals surface area contributed by atoms with Crippen LogP contribution in [0, 0.1) is 19.7 Å². The van der Waals surface area contributed by atoms with Gasteiger partial charge in [-0.2, -0.15) is 0 Å². The summed E-state index contributed by atoms with van der Waals surface area (Å²) in [4.78, 5) is 15.0. The van der Waals surface area contributed by atoms with Gasteiger partial charge in [-0.25, -0.2) is 4.39 Å². The van der Waals surface area contributed by atoms with E-state index < -0.39 is 0 Å². The Morgan fingerprint density at radius 2 is 1.82 bits per heavy atom. The summed E-state index contributed by atoms with van der Waals surface area (Å²) in [6.07, 6.45) is 0. The second-order valence-corrected chi connectivity index (χ2v) is 8.04. The van der Waals surface area contributed by atoms with Crippen molar-refractivity contribution < 1.29 is 23.2 Å². The number of amides is 1. The molecule has 1 saturated heterocycles. The van der Waals surface area contributed by atoms with Gasteiger partial charge in [0.15, 0.2) is 0 Å². The van der Waals surface area contributed by atoms with Crippen LogP contribution < -0.4 is 10.1 Å². The lowest BCUT2D eigenvalue weighted by Crippen LogP contribution is -2.43. The zero-order valence-corrected chi connectivity index (χ0v) is 18.8. The molecule has 1 aliphatic rings. The van der Waals surface area contributed by atoms with Crippen LogP contribution in [-0.2, 0) is 11.3 Å². The van der Waals surface area contributed by atoms with Gasteiger partial charge in [-0.05, 0) is 55.8 Å². The molecule has 2 aromatic carbocycles. The van der Waals surface area contributed by atoms with Crippen LogP contribution in [0.2, 0.25) is 0 Å². The van der Waals surface area contributed by atoms with Crippen molar-refractivity contribution in [3.05, 3.63) is 82.5 Å². The number of hydrogen-bond donors (Lipinski definition) is 1. The average molecular weight is 454 g/mol. The number of aromatic nitrogens is 1. The molecule has 0 aliphatic carbocycles. The van der Waals surface area contributed by atoms with Gasteiger partial charge < -0.3 is 19.3 Å². The number of rotatable bonds is 8. The third-order valence-electron chi connectivity index (χ3n) is 5.88. The Balaban J connectivity index is 1.37. The fourth-order valence-corrected chi connectivity index (χ4v) is 3.89. The van der Waals surface area contributed by atoms with Gasteiger partial charge in [0.25, 0.3) is 5.91 Å². The van der Waals surface area contributed by atoms with E-state index in [1.54, 1.807) is 36.4 Å². The largest absolute Gasteiger partial charge is 0.489 e. The van der Waals surface area contributed by atoms with Crippen molar-refractivity contribution in [3.8, 4) is 5.75 Å². The Bertz CT molecular complexity index is 1040. The highest BCUT2D eigenvalue weighted by Crippen LogP contribution is 2.22. The molecule has 2 heterocycles. The van der Waals surface area contributed by atoms with Gasteiger partial charge in [-0.1, -0.05) is 17.3 Å². The van der Waals surface area contributed by atoms with Gasteiger partial charge in [0.1, 0.15) is 23.9 Å². The minimum absolute atomic E-state index is 0.0592. The van der Waals surface area contributed by atoms with Crippen LogP contribution in [0.3, 0.4) is 0 Å². The zero-order valence-electron chi connectivity index (χ0n) is 18.8. The van der Waals surface area contributed by atoms with Crippen LogP contribution >= 0.6 is 0 Å². The SMILES string of the molecule is Cc1noc(C)c1COc1ccc(C(=O)NC[C@H](c2ccc(F)cc2)N2CCOCC2)cc1. The molecule has 0 saturated carbocycles. The van der Waals surface area contributed by atoms with E-state index in [0.717, 1.165) is 35.7 Å². The van der Waals surface area contributed by atoms with E-state index in [9.17, 15) is 9.18 Å². The van der Waals surface area contributed by atoms with E-state index >= 15 is 0 Å². The highest BCUT2D eigenvalue weighted by molar-refractivity contribution is 5.94. The number of ether oxygens (including phenoxy) is 2. The Morgan fingerprint density at radius 1 is 1.12 bits per heavy atom. The van der Waals surface area contributed by atoms with Gasteiger partial charge in [0, 0.05) is 25.2 Å². The first-order chi connectivity index (χ1) is 16.0. The molecule has 1 atom stereocenters. The number of carbonyl (C=O) groups excluding carboxylic acids is 1. The number of benzene rings is 2. The lowest BCUT2D eigenvalue weighted by molar-refractivity contribution is 0.0162. The maximum Gasteiger partial charge on any atom is 0.251 e. The van der Waals surface area contributed by atoms with E-state index in [1.165, 1.54) is 12.1 Å². The van der Waals surface area contributed by atoms with Crippen LogP contribution in [0.1, 0.15) is 39.0 Å². The molecule has 1 fully saturated rings. The summed E-state index contributed by atoms with van der Waals surface area (Å²) < 4.78 is 29.8. The van der Waals surface area contributed by atoms with Crippen molar-refractivity contribution in [2.45, 2.75) is 26.5 Å². The number of nitrogens with zero attached hydrogens (tertiary/aromatic N) is 2. The predicted octanol–water partition coefficient (Wildman–Crippen LogP) is 3.81. The smallest absolute Gasteiger partial charge is 0.251 e. The molecule has 4 rings (SSSR count). The zero-order chi connectivity index (χ0) is 23.2. The van der Waals surface area contributed by atoms with Crippen molar-refractivity contribution in [2.75, 3.05) is 32.8 Å². The van der Waals surface area contributed by atoms with Crippen LogP contribution in [0.5, 0.6) is 5.75 Å². The summed E-state index contributed by atoms with van der Waals surface area (Å²) in [5.74, 6) is 0.941. The quantitative estimate of drug-likeness (QED) is 0.559. The van der Waals surface area contributed by atoms with Gasteiger partial charge in [0.2, 0.25) is 0 Å². The Labute approximate surface area is 192 Å². The first-order valence-corrected chi connectivity index (χ1v) is 11.0. The highest BCUT2D eigenvalue weighted by atomic mass is 19.1. The second kappa shape index (κ2) is 10.6. The molecule has 0 radical (unpaired) electrons. The van der Waals surface area contributed by atoms with Crippen LogP contribution in [0.15, 0.2) is 53.1 Å². The lowest BCUT2D eigenvalue weighted by Gasteiger charge is -2.35. The van der Waals surface area contributed by atoms with Crippen LogP contribution in [-0.4, -0.2) is 48.8 Å². The van der Waals surface area contributed by atoms with E-state index in [0.29, 0.717) is 37.7 Å². The first-order valence-electron chi connectivity index (χ1n) is 11.0. The molecule has 0 spiro atoms. The molecule has 0 unspecified atom stereocenters. The fourth-order valence-electron chi connectivity index (χ4n) is 3.89. The number of halogens is 1. The number of hydrogen-bond acceptors (Lipinski definition) is 6. The monoisotopic (exact) mass is 453 g/mol. The molecule has 1 N–H and O–H groups in total. The van der Waals surface area contributed by atoms with Crippen LogP contribution in [0.4, 0.5) is 4.39 Å². The molecule has 1 aliphatic heterocycles. The number of morpholine rings is 1.